The number of aliphatic hydroxyl groups excluding tert-OH is 1. The van der Waals surface area contributed by atoms with Crippen LogP contribution in [0.25, 0.3) is 44.1 Å². The predicted molar refractivity (Wildman–Crippen MR) is 270 cm³/mol. The standard InChI is InChI=1S/C52H60FN11O9S/c1-30-45(74-29-55-30)32-10-8-31(9-11-32)40(56-48(68)41-26-35(65)28-64(41)49(69)46(51(2,3)4)57-50(70)52(53)17-18-52)27-42(66)54-19-23-71-22-16-43(67)63-20-14-36(15-21-63)72-37-7-5-6-33(24-37)44-38-25-34(47-58-61-62-59-47)12-13-39(38)60-73-44/h5-13,24-25,29,35-36,40-41,46,65H,14-23,26-28H2,1-4H3,(H,54,66)(H,56,68)(H,57,70)(H,58,59,61,62)/t35-,40+,41+,46-/m1/s1. The monoisotopic (exact) mass is 1030 g/mol. The highest BCUT2D eigenvalue weighted by atomic mass is 32.1. The summed E-state index contributed by atoms with van der Waals surface area (Å²) in [5.74, 6) is -0.773. The number of benzene rings is 3. The van der Waals surface area contributed by atoms with Gasteiger partial charge < -0.3 is 44.9 Å². The minimum atomic E-state index is -2.02. The number of likely N-dealkylation sites (tertiary alicyclic amines) is 2. The van der Waals surface area contributed by atoms with Crippen molar-refractivity contribution >= 4 is 51.8 Å². The van der Waals surface area contributed by atoms with E-state index in [1.165, 1.54) is 16.2 Å². The Kier molecular flexibility index (Phi) is 15.5. The van der Waals surface area contributed by atoms with E-state index in [1.54, 1.807) is 31.2 Å². The van der Waals surface area contributed by atoms with Crippen LogP contribution in [0, 0.1) is 12.3 Å². The van der Waals surface area contributed by atoms with Gasteiger partial charge in [0, 0.05) is 56.6 Å². The summed E-state index contributed by atoms with van der Waals surface area (Å²) in [6.07, 6.45) is 0.250. The smallest absolute Gasteiger partial charge is 0.258 e. The maximum atomic E-state index is 14.7. The third kappa shape index (κ3) is 12.1. The molecule has 74 heavy (non-hydrogen) atoms. The van der Waals surface area contributed by atoms with Crippen LogP contribution in [0.5, 0.6) is 5.75 Å². The van der Waals surface area contributed by atoms with E-state index in [4.69, 9.17) is 14.0 Å². The number of ether oxygens (including phenoxy) is 2. The predicted octanol–water partition coefficient (Wildman–Crippen LogP) is 5.24. The first-order chi connectivity index (χ1) is 35.5. The number of halogens is 1. The molecular weight excluding hydrogens is 974 g/mol. The van der Waals surface area contributed by atoms with Crippen molar-refractivity contribution in [1.29, 1.82) is 0 Å². The number of alkyl halides is 1. The Morgan fingerprint density at radius 3 is 2.46 bits per heavy atom. The maximum absolute atomic E-state index is 14.7. The van der Waals surface area contributed by atoms with Crippen LogP contribution in [-0.2, 0) is 28.7 Å². The largest absolute Gasteiger partial charge is 0.490 e. The summed E-state index contributed by atoms with van der Waals surface area (Å²) in [5.41, 5.74) is 3.56. The molecule has 3 aromatic heterocycles. The van der Waals surface area contributed by atoms with Gasteiger partial charge in [-0.2, -0.15) is 5.21 Å². The summed E-state index contributed by atoms with van der Waals surface area (Å²) in [6, 6.07) is 17.5. The van der Waals surface area contributed by atoms with Gasteiger partial charge in [-0.25, -0.2) is 9.37 Å². The second-order valence-corrected chi connectivity index (χ2v) is 21.1. The molecule has 3 aliphatic rings. The van der Waals surface area contributed by atoms with Gasteiger partial charge in [0.1, 0.15) is 29.5 Å². The fraction of sp³-hybridized carbons (Fsp3) is 0.462. The molecule has 6 aromatic rings. The lowest BCUT2D eigenvalue weighted by Gasteiger charge is -2.36. The van der Waals surface area contributed by atoms with Gasteiger partial charge in [-0.1, -0.05) is 62.3 Å². The first-order valence-electron chi connectivity index (χ1n) is 24.8. The number of fused-ring (bicyclic) bond motifs is 1. The Balaban J connectivity index is 0.743. The van der Waals surface area contributed by atoms with Crippen molar-refractivity contribution in [3.63, 3.8) is 0 Å². The number of nitrogens with one attached hydrogen (secondary N) is 4. The van der Waals surface area contributed by atoms with Crippen LogP contribution in [0.4, 0.5) is 4.39 Å². The third-order valence-corrected chi connectivity index (χ3v) is 14.7. The Morgan fingerprint density at radius 1 is 0.986 bits per heavy atom. The van der Waals surface area contributed by atoms with Gasteiger partial charge in [0.2, 0.25) is 29.5 Å². The second-order valence-electron chi connectivity index (χ2n) is 20.2. The van der Waals surface area contributed by atoms with E-state index in [-0.39, 0.29) is 76.3 Å². The van der Waals surface area contributed by atoms with Gasteiger partial charge in [-0.3, -0.25) is 24.0 Å². The summed E-state index contributed by atoms with van der Waals surface area (Å²) in [7, 11) is 0. The van der Waals surface area contributed by atoms with Gasteiger partial charge >= 0.3 is 0 Å². The average molecular weight is 1030 g/mol. The van der Waals surface area contributed by atoms with Crippen molar-refractivity contribution in [3.8, 4) is 38.9 Å². The fourth-order valence-electron chi connectivity index (χ4n) is 9.32. The van der Waals surface area contributed by atoms with Gasteiger partial charge in [-0.05, 0) is 71.9 Å². The minimum Gasteiger partial charge on any atom is -0.490 e. The lowest BCUT2D eigenvalue weighted by atomic mass is 9.85. The number of hydrogen-bond acceptors (Lipinski definition) is 15. The molecule has 20 nitrogen and oxygen atoms in total. The van der Waals surface area contributed by atoms with Crippen LogP contribution in [0.15, 0.2) is 76.8 Å². The van der Waals surface area contributed by atoms with E-state index in [1.807, 2.05) is 73.7 Å². The molecule has 3 aromatic carbocycles. The number of carbonyl (C=O) groups excluding carboxylic acids is 5. The molecule has 0 spiro atoms. The number of β-amino-alcohol motifs (C(OH)–C–C–N with tert-alkyl or cyclic N) is 1. The van der Waals surface area contributed by atoms with E-state index in [9.17, 15) is 33.5 Å². The number of aliphatic hydroxyl groups is 1. The maximum Gasteiger partial charge on any atom is 0.258 e. The number of hydrogen-bond donors (Lipinski definition) is 5. The van der Waals surface area contributed by atoms with Crippen LogP contribution in [0.2, 0.25) is 0 Å². The van der Waals surface area contributed by atoms with E-state index in [2.05, 4.69) is 46.7 Å². The Bertz CT molecular complexity index is 2970. The number of rotatable bonds is 19. The van der Waals surface area contributed by atoms with Crippen LogP contribution < -0.4 is 20.7 Å². The van der Waals surface area contributed by atoms with Crippen LogP contribution in [0.3, 0.4) is 0 Å². The molecule has 2 saturated heterocycles. The van der Waals surface area contributed by atoms with Crippen molar-refractivity contribution in [1.82, 2.24) is 56.5 Å². The first-order valence-corrected chi connectivity index (χ1v) is 25.7. The topological polar surface area (TPSA) is 260 Å². The zero-order chi connectivity index (χ0) is 52.1. The summed E-state index contributed by atoms with van der Waals surface area (Å²) in [5, 5.41) is 38.4. The number of nitrogens with zero attached hydrogens (tertiary/aromatic N) is 7. The Morgan fingerprint density at radius 2 is 1.76 bits per heavy atom. The zero-order valence-electron chi connectivity index (χ0n) is 41.6. The van der Waals surface area contributed by atoms with Gasteiger partial charge in [0.25, 0.3) is 5.91 Å². The van der Waals surface area contributed by atoms with Crippen LogP contribution in [-0.4, -0.2) is 145 Å². The zero-order valence-corrected chi connectivity index (χ0v) is 42.5. The molecule has 1 saturated carbocycles. The van der Waals surface area contributed by atoms with Gasteiger partial charge in [0.15, 0.2) is 11.4 Å². The minimum absolute atomic E-state index is 0.0397. The van der Waals surface area contributed by atoms with Crippen LogP contribution in [0.1, 0.15) is 83.0 Å². The van der Waals surface area contributed by atoms with Gasteiger partial charge in [0.05, 0.1) is 59.7 Å². The summed E-state index contributed by atoms with van der Waals surface area (Å²) < 4.78 is 32.6. The van der Waals surface area contributed by atoms with E-state index < -0.39 is 53.0 Å². The number of amides is 5. The van der Waals surface area contributed by atoms with E-state index in [0.717, 1.165) is 32.6 Å². The van der Waals surface area contributed by atoms with Crippen molar-refractivity contribution < 1.29 is 47.5 Å². The number of thiazole rings is 1. The molecule has 3 fully saturated rings. The number of aromatic amines is 1. The van der Waals surface area contributed by atoms with Crippen molar-refractivity contribution in [2.45, 2.75) is 109 Å². The lowest BCUT2D eigenvalue weighted by Crippen LogP contribution is -2.59. The lowest BCUT2D eigenvalue weighted by molar-refractivity contribution is -0.145. The number of tetrazole rings is 1. The summed E-state index contributed by atoms with van der Waals surface area (Å²) in [4.78, 5) is 76.1. The number of aryl methyl sites for hydroxylation is 1. The Hall–Kier alpha value is -7.17. The highest BCUT2D eigenvalue weighted by Gasteiger charge is 2.53. The van der Waals surface area contributed by atoms with Crippen molar-refractivity contribution in [3.05, 3.63) is 83.5 Å². The molecule has 0 unspecified atom stereocenters. The molecule has 5 amide bonds. The molecule has 5 N–H and O–H groups in total. The normalized spacial score (nSPS) is 18.5. The molecule has 9 rings (SSSR count). The number of aromatic nitrogens is 6. The fourth-order valence-corrected chi connectivity index (χ4v) is 10.1. The third-order valence-electron chi connectivity index (χ3n) is 13.7. The molecular formula is C52H60FN11O9S. The summed E-state index contributed by atoms with van der Waals surface area (Å²) >= 11 is 1.50. The Labute approximate surface area is 430 Å². The van der Waals surface area contributed by atoms with E-state index >= 15 is 0 Å². The SMILES string of the molecule is Cc1ncsc1-c1ccc([C@H](CC(=O)NCCOCCC(=O)N2CCC(Oc3cccc(-c4onc5ccc(-c6nn[nH]n6)cc45)c3)CC2)NC(=O)[C@@H]2C[C@@H](O)CN2C(=O)[C@@H](NC(=O)C2(F)CC2)C(C)(C)C)cc1. The molecule has 22 heteroatoms. The highest BCUT2D eigenvalue weighted by Crippen LogP contribution is 2.41. The van der Waals surface area contributed by atoms with Crippen molar-refractivity contribution in [2.24, 2.45) is 5.41 Å². The average Bonchev–Trinajstić information content (AvgIpc) is 3.92. The molecule has 1 aliphatic carbocycles. The number of piperidine rings is 1. The molecule has 4 atom stereocenters. The second kappa shape index (κ2) is 22.1. The number of H-pyrrole nitrogens is 1. The molecule has 0 bridgehead atoms. The van der Waals surface area contributed by atoms with Crippen LogP contribution >= 0.6 is 11.3 Å². The molecule has 390 valence electrons. The number of carbonyl (C=O) groups is 5. The first kappa shape index (κ1) is 51.7. The highest BCUT2D eigenvalue weighted by molar-refractivity contribution is 7.13. The van der Waals surface area contributed by atoms with Crippen molar-refractivity contribution in [2.75, 3.05) is 39.4 Å². The molecule has 0 radical (unpaired) electrons. The summed E-state index contributed by atoms with van der Waals surface area (Å²) in [6.45, 7) is 8.45. The quantitative estimate of drug-likeness (QED) is 0.0651. The van der Waals surface area contributed by atoms with E-state index in [0.29, 0.717) is 54.3 Å². The molecule has 5 heterocycles. The van der Waals surface area contributed by atoms with Gasteiger partial charge in [-0.15, -0.1) is 21.5 Å². The molecule has 2 aliphatic heterocycles.